The van der Waals surface area contributed by atoms with Crippen molar-refractivity contribution in [2.24, 2.45) is 18.7 Å². The lowest BCUT2D eigenvalue weighted by atomic mass is 10.1. The highest BCUT2D eigenvalue weighted by Gasteiger charge is 2.33. The predicted molar refractivity (Wildman–Crippen MR) is 158 cm³/mol. The molecule has 4 aromatic rings. The quantitative estimate of drug-likeness (QED) is 0.332. The van der Waals surface area contributed by atoms with Crippen LogP contribution in [0.2, 0.25) is 0 Å². The molecule has 0 radical (unpaired) electrons. The van der Waals surface area contributed by atoms with E-state index in [0.717, 1.165) is 31.2 Å². The zero-order chi connectivity index (χ0) is 28.7. The number of nitrogens with zero attached hydrogens (tertiary/aromatic N) is 6. The van der Waals surface area contributed by atoms with E-state index >= 15 is 0 Å². The summed E-state index contributed by atoms with van der Waals surface area (Å²) in [5.74, 6) is 6.76. The molecule has 2 aliphatic rings. The molecule has 41 heavy (non-hydrogen) atoms. The summed E-state index contributed by atoms with van der Waals surface area (Å²) in [6.45, 7) is 3.69. The average Bonchev–Trinajstić information content (AvgIpc) is 3.75. The SMILES string of the molecule is CC#CCn1c(N2CCC[C@@H](N)C2)c(C(=O)NCC2CC2)c2c1c(=O)n(Cc1ccc3ncccc3n1)c(=O)n2C. The van der Waals surface area contributed by atoms with E-state index in [1.54, 1.807) is 36.9 Å². The maximum Gasteiger partial charge on any atom is 0.331 e. The van der Waals surface area contributed by atoms with Gasteiger partial charge < -0.3 is 20.5 Å². The standard InChI is InChI=1S/C30H34N8O3/c1-3-4-15-37-26-25(24(27(39)33-16-19-9-10-19)28(37)36-14-6-7-20(31)17-36)35(2)30(41)38(29(26)40)18-21-11-12-22-23(34-21)8-5-13-32-22/h5,8,11-13,19-20H,6-7,9-10,14-18,31H2,1-2H3,(H,33,39)/t20-/m1/s1. The number of carbonyl (C=O) groups is 1. The second kappa shape index (κ2) is 10.9. The van der Waals surface area contributed by atoms with Crippen LogP contribution in [0.5, 0.6) is 0 Å². The van der Waals surface area contributed by atoms with E-state index in [2.05, 4.69) is 32.0 Å². The molecule has 1 saturated heterocycles. The van der Waals surface area contributed by atoms with E-state index in [0.29, 0.717) is 53.7 Å². The third-order valence-corrected chi connectivity index (χ3v) is 7.99. The Hall–Kier alpha value is -4.43. The molecule has 0 bridgehead atoms. The first-order valence-electron chi connectivity index (χ1n) is 14.1. The largest absolute Gasteiger partial charge is 0.356 e. The normalized spacial score (nSPS) is 17.0. The van der Waals surface area contributed by atoms with Crippen molar-refractivity contribution in [2.45, 2.75) is 51.7 Å². The molecule has 0 unspecified atom stereocenters. The summed E-state index contributed by atoms with van der Waals surface area (Å²) >= 11 is 0. The number of aryl methyl sites for hydroxylation is 1. The molecular weight excluding hydrogens is 520 g/mol. The smallest absolute Gasteiger partial charge is 0.331 e. The molecule has 1 atom stereocenters. The number of pyridine rings is 2. The highest BCUT2D eigenvalue weighted by atomic mass is 16.2. The van der Waals surface area contributed by atoms with E-state index in [1.165, 1.54) is 9.13 Å². The Kier molecular flexibility index (Phi) is 7.09. The lowest BCUT2D eigenvalue weighted by Gasteiger charge is -2.33. The average molecular weight is 555 g/mol. The number of anilines is 1. The Labute approximate surface area is 237 Å². The van der Waals surface area contributed by atoms with Crippen LogP contribution in [-0.2, 0) is 20.1 Å². The van der Waals surface area contributed by atoms with Gasteiger partial charge in [-0.1, -0.05) is 5.92 Å². The summed E-state index contributed by atoms with van der Waals surface area (Å²) in [5, 5.41) is 3.06. The Bertz CT molecular complexity index is 1840. The van der Waals surface area contributed by atoms with Crippen LogP contribution in [0.4, 0.5) is 5.82 Å². The van der Waals surface area contributed by atoms with Crippen LogP contribution in [0, 0.1) is 17.8 Å². The summed E-state index contributed by atoms with van der Waals surface area (Å²) in [5.41, 5.74) is 8.22. The van der Waals surface area contributed by atoms with Gasteiger partial charge in [0.05, 0.1) is 35.3 Å². The maximum atomic E-state index is 14.2. The van der Waals surface area contributed by atoms with E-state index in [-0.39, 0.29) is 30.6 Å². The number of hydrogen-bond donors (Lipinski definition) is 2. The minimum Gasteiger partial charge on any atom is -0.356 e. The molecule has 4 aromatic heterocycles. The third kappa shape index (κ3) is 5.00. The lowest BCUT2D eigenvalue weighted by Crippen LogP contribution is -2.44. The molecule has 1 aliphatic heterocycles. The topological polar surface area (TPSA) is 133 Å². The van der Waals surface area contributed by atoms with Crippen molar-refractivity contribution >= 4 is 33.8 Å². The van der Waals surface area contributed by atoms with Crippen LogP contribution >= 0.6 is 0 Å². The van der Waals surface area contributed by atoms with Crippen molar-refractivity contribution in [3.8, 4) is 11.8 Å². The first kappa shape index (κ1) is 26.8. The highest BCUT2D eigenvalue weighted by molar-refractivity contribution is 6.11. The second-order valence-corrected chi connectivity index (χ2v) is 11.0. The summed E-state index contributed by atoms with van der Waals surface area (Å²) in [6.07, 6.45) is 5.61. The van der Waals surface area contributed by atoms with Crippen molar-refractivity contribution in [3.63, 3.8) is 0 Å². The molecular formula is C30H34N8O3. The number of carbonyl (C=O) groups excluding carboxylic acids is 1. The fourth-order valence-electron chi connectivity index (χ4n) is 5.72. The van der Waals surface area contributed by atoms with Crippen LogP contribution < -0.4 is 27.2 Å². The fourth-order valence-corrected chi connectivity index (χ4v) is 5.72. The van der Waals surface area contributed by atoms with Gasteiger partial charge in [-0.15, -0.1) is 5.92 Å². The van der Waals surface area contributed by atoms with Crippen LogP contribution in [0.15, 0.2) is 40.1 Å². The van der Waals surface area contributed by atoms with Crippen molar-refractivity contribution < 1.29 is 4.79 Å². The molecule has 1 aliphatic carbocycles. The number of amides is 1. The molecule has 6 rings (SSSR count). The van der Waals surface area contributed by atoms with Crippen LogP contribution in [0.25, 0.3) is 22.1 Å². The Morgan fingerprint density at radius 2 is 1.95 bits per heavy atom. The van der Waals surface area contributed by atoms with Crippen molar-refractivity contribution in [1.82, 2.24) is 29.0 Å². The maximum absolute atomic E-state index is 14.2. The molecule has 3 N–H and O–H groups in total. The van der Waals surface area contributed by atoms with Gasteiger partial charge in [-0.3, -0.25) is 23.7 Å². The van der Waals surface area contributed by atoms with E-state index in [1.807, 2.05) is 12.1 Å². The summed E-state index contributed by atoms with van der Waals surface area (Å²) < 4.78 is 4.39. The van der Waals surface area contributed by atoms with E-state index in [4.69, 9.17) is 5.73 Å². The zero-order valence-electron chi connectivity index (χ0n) is 23.4. The van der Waals surface area contributed by atoms with Gasteiger partial charge in [0.15, 0.2) is 0 Å². The van der Waals surface area contributed by atoms with Gasteiger partial charge in [0.2, 0.25) is 0 Å². The summed E-state index contributed by atoms with van der Waals surface area (Å²) in [4.78, 5) is 52.8. The van der Waals surface area contributed by atoms with Crippen molar-refractivity contribution in [3.05, 3.63) is 62.6 Å². The molecule has 11 heteroatoms. The minimum atomic E-state index is -0.521. The number of rotatable bonds is 7. The van der Waals surface area contributed by atoms with Crippen molar-refractivity contribution in [1.29, 1.82) is 0 Å². The molecule has 1 saturated carbocycles. The summed E-state index contributed by atoms with van der Waals surface area (Å²) in [7, 11) is 1.61. The number of hydrogen-bond acceptors (Lipinski definition) is 7. The molecule has 0 aromatic carbocycles. The zero-order valence-corrected chi connectivity index (χ0v) is 23.4. The monoisotopic (exact) mass is 554 g/mol. The van der Waals surface area contributed by atoms with Gasteiger partial charge in [-0.25, -0.2) is 9.78 Å². The van der Waals surface area contributed by atoms with Gasteiger partial charge in [-0.05, 0) is 62.8 Å². The van der Waals surface area contributed by atoms with Gasteiger partial charge in [-0.2, -0.15) is 0 Å². The highest BCUT2D eigenvalue weighted by Crippen LogP contribution is 2.33. The van der Waals surface area contributed by atoms with E-state index < -0.39 is 11.2 Å². The predicted octanol–water partition coefficient (Wildman–Crippen LogP) is 1.58. The fraction of sp³-hybridized carbons (Fsp3) is 0.433. The van der Waals surface area contributed by atoms with Crippen molar-refractivity contribution in [2.75, 3.05) is 24.5 Å². The Balaban J connectivity index is 1.57. The first-order valence-corrected chi connectivity index (χ1v) is 14.1. The number of fused-ring (bicyclic) bond motifs is 2. The van der Waals surface area contributed by atoms with Crippen LogP contribution in [-0.4, -0.2) is 55.3 Å². The molecule has 212 valence electrons. The Morgan fingerprint density at radius 3 is 2.71 bits per heavy atom. The van der Waals surface area contributed by atoms with Gasteiger partial charge in [0, 0.05) is 38.9 Å². The van der Waals surface area contributed by atoms with Gasteiger partial charge in [0.1, 0.15) is 16.9 Å². The second-order valence-electron chi connectivity index (χ2n) is 11.0. The third-order valence-electron chi connectivity index (χ3n) is 7.99. The minimum absolute atomic E-state index is 0.0238. The molecule has 11 nitrogen and oxygen atoms in total. The Morgan fingerprint density at radius 1 is 1.12 bits per heavy atom. The van der Waals surface area contributed by atoms with Crippen LogP contribution in [0.3, 0.4) is 0 Å². The molecule has 5 heterocycles. The summed E-state index contributed by atoms with van der Waals surface area (Å²) in [6, 6.07) is 7.16. The number of piperidine rings is 1. The molecule has 0 spiro atoms. The number of nitrogens with one attached hydrogen (secondary N) is 1. The van der Waals surface area contributed by atoms with E-state index in [9.17, 15) is 14.4 Å². The number of aromatic nitrogens is 5. The lowest BCUT2D eigenvalue weighted by molar-refractivity contribution is 0.0953. The van der Waals surface area contributed by atoms with Gasteiger partial charge in [0.25, 0.3) is 11.5 Å². The number of nitrogens with two attached hydrogens (primary N) is 1. The molecule has 1 amide bonds. The molecule has 2 fully saturated rings. The van der Waals surface area contributed by atoms with Crippen LogP contribution in [0.1, 0.15) is 48.7 Å². The first-order chi connectivity index (χ1) is 19.9. The van der Waals surface area contributed by atoms with Gasteiger partial charge >= 0.3 is 5.69 Å².